The first kappa shape index (κ1) is 18.5. The zero-order valence-corrected chi connectivity index (χ0v) is 13.6. The molecule has 0 aliphatic rings. The Bertz CT molecular complexity index is 650. The molecule has 7 heteroatoms. The number of benzene rings is 1. The topological polar surface area (TPSA) is 102 Å². The van der Waals surface area contributed by atoms with Crippen molar-refractivity contribution in [1.82, 2.24) is 10.6 Å². The number of carbonyl (C=O) groups excluding carboxylic acids is 1. The first-order valence-corrected chi connectivity index (χ1v) is 7.34. The molecule has 0 aromatic heterocycles. The van der Waals surface area contributed by atoms with Gasteiger partial charge in [-0.25, -0.2) is 4.79 Å². The predicted molar refractivity (Wildman–Crippen MR) is 86.4 cm³/mol. The molecule has 0 radical (unpaired) electrons. The molecule has 0 bridgehead atoms. The van der Waals surface area contributed by atoms with Crippen molar-refractivity contribution in [2.45, 2.75) is 26.4 Å². The van der Waals surface area contributed by atoms with Crippen molar-refractivity contribution >= 4 is 23.5 Å². The van der Waals surface area contributed by atoms with E-state index in [0.29, 0.717) is 11.6 Å². The number of nitrogens with one attached hydrogen (secondary N) is 2. The summed E-state index contributed by atoms with van der Waals surface area (Å²) in [5, 5.41) is 23.9. The van der Waals surface area contributed by atoms with Crippen LogP contribution in [0.2, 0.25) is 5.02 Å². The summed E-state index contributed by atoms with van der Waals surface area (Å²) in [5.74, 6) is -2.17. The van der Waals surface area contributed by atoms with E-state index >= 15 is 0 Å². The van der Waals surface area contributed by atoms with Crippen molar-refractivity contribution in [1.29, 1.82) is 5.26 Å². The van der Waals surface area contributed by atoms with Gasteiger partial charge in [0.1, 0.15) is 17.7 Å². The number of carbonyl (C=O) groups is 2. The summed E-state index contributed by atoms with van der Waals surface area (Å²) in [6, 6.07) is 7.84. The highest BCUT2D eigenvalue weighted by Gasteiger charge is 2.24. The second kappa shape index (κ2) is 8.81. The molecule has 1 aromatic carbocycles. The van der Waals surface area contributed by atoms with Crippen LogP contribution in [0.3, 0.4) is 0 Å². The molecule has 1 rings (SSSR count). The van der Waals surface area contributed by atoms with E-state index in [1.54, 1.807) is 38.1 Å². The van der Waals surface area contributed by atoms with Crippen LogP contribution in [-0.2, 0) is 16.1 Å². The maximum absolute atomic E-state index is 12.0. The molecule has 0 heterocycles. The molecule has 0 saturated heterocycles. The van der Waals surface area contributed by atoms with Gasteiger partial charge in [-0.3, -0.25) is 4.79 Å². The maximum Gasteiger partial charge on any atom is 0.326 e. The highest BCUT2D eigenvalue weighted by Crippen LogP contribution is 2.10. The Morgan fingerprint density at radius 3 is 2.65 bits per heavy atom. The first-order valence-electron chi connectivity index (χ1n) is 6.97. The lowest BCUT2D eigenvalue weighted by atomic mass is 10.0. The average Bonchev–Trinajstić information content (AvgIpc) is 2.48. The Labute approximate surface area is 139 Å². The van der Waals surface area contributed by atoms with E-state index in [4.69, 9.17) is 22.0 Å². The van der Waals surface area contributed by atoms with Gasteiger partial charge in [0, 0.05) is 17.8 Å². The third kappa shape index (κ3) is 6.01. The Kier molecular flexibility index (Phi) is 7.10. The van der Waals surface area contributed by atoms with Gasteiger partial charge in [0.2, 0.25) is 0 Å². The molecule has 1 aromatic rings. The van der Waals surface area contributed by atoms with E-state index in [1.807, 2.05) is 6.07 Å². The third-order valence-electron chi connectivity index (χ3n) is 3.03. The number of hydrogen-bond donors (Lipinski definition) is 3. The van der Waals surface area contributed by atoms with Crippen LogP contribution in [0.1, 0.15) is 19.4 Å². The molecule has 0 spiro atoms. The normalized spacial score (nSPS) is 12.4. The van der Waals surface area contributed by atoms with Crippen LogP contribution in [0, 0.1) is 17.2 Å². The molecule has 0 aliphatic heterocycles. The van der Waals surface area contributed by atoms with Gasteiger partial charge in [0.15, 0.2) is 0 Å². The lowest BCUT2D eigenvalue weighted by molar-refractivity contribution is -0.142. The van der Waals surface area contributed by atoms with Gasteiger partial charge >= 0.3 is 5.97 Å². The minimum absolute atomic E-state index is 0.195. The van der Waals surface area contributed by atoms with Crippen LogP contribution in [-0.4, -0.2) is 23.0 Å². The molecule has 0 saturated carbocycles. The highest BCUT2D eigenvalue weighted by molar-refractivity contribution is 6.30. The number of hydrogen-bond acceptors (Lipinski definition) is 4. The number of rotatable bonds is 7. The quantitative estimate of drug-likeness (QED) is 0.523. The minimum atomic E-state index is -1.14. The second-order valence-corrected chi connectivity index (χ2v) is 5.65. The number of carboxylic acid groups (broad SMARTS) is 1. The van der Waals surface area contributed by atoms with Crippen molar-refractivity contribution in [2.75, 3.05) is 0 Å². The van der Waals surface area contributed by atoms with Crippen molar-refractivity contribution in [2.24, 2.45) is 5.92 Å². The van der Waals surface area contributed by atoms with E-state index in [0.717, 1.165) is 5.56 Å². The fourth-order valence-corrected chi connectivity index (χ4v) is 2.01. The second-order valence-electron chi connectivity index (χ2n) is 5.21. The van der Waals surface area contributed by atoms with Gasteiger partial charge in [-0.15, -0.1) is 0 Å². The number of carboxylic acids is 1. The van der Waals surface area contributed by atoms with Crippen LogP contribution in [0.4, 0.5) is 0 Å². The molecule has 0 aliphatic carbocycles. The smallest absolute Gasteiger partial charge is 0.326 e. The highest BCUT2D eigenvalue weighted by atomic mass is 35.5. The van der Waals surface area contributed by atoms with E-state index in [1.165, 1.54) is 6.20 Å². The van der Waals surface area contributed by atoms with Gasteiger partial charge in [0.25, 0.3) is 5.91 Å². The molecule has 122 valence electrons. The summed E-state index contributed by atoms with van der Waals surface area (Å²) in [6.45, 7) is 3.73. The maximum atomic E-state index is 12.0. The van der Waals surface area contributed by atoms with Crippen molar-refractivity contribution < 1.29 is 14.7 Å². The van der Waals surface area contributed by atoms with Gasteiger partial charge in [0.05, 0.1) is 0 Å². The lowest BCUT2D eigenvalue weighted by Crippen LogP contribution is -2.44. The zero-order chi connectivity index (χ0) is 17.4. The molecule has 1 amide bonds. The molecular weight excluding hydrogens is 318 g/mol. The molecule has 3 N–H and O–H groups in total. The third-order valence-corrected chi connectivity index (χ3v) is 3.26. The fourth-order valence-electron chi connectivity index (χ4n) is 1.80. The Balaban J connectivity index is 2.69. The molecule has 23 heavy (non-hydrogen) atoms. The van der Waals surface area contributed by atoms with Gasteiger partial charge in [-0.05, 0) is 23.6 Å². The number of nitrogens with zero attached hydrogens (tertiary/aromatic N) is 1. The van der Waals surface area contributed by atoms with Crippen LogP contribution in [0.15, 0.2) is 36.0 Å². The Hall–Kier alpha value is -2.52. The number of amides is 1. The standard InChI is InChI=1S/C16H18ClN3O3/c1-10(2)14(16(22)23)20-15(21)12(7-18)9-19-8-11-4-3-5-13(17)6-11/h3-6,9-10,14,19H,8H2,1-2H3,(H,20,21)(H,22,23)/b12-9-. The lowest BCUT2D eigenvalue weighted by Gasteiger charge is -2.17. The van der Waals surface area contributed by atoms with Crippen LogP contribution in [0.25, 0.3) is 0 Å². The van der Waals surface area contributed by atoms with Crippen LogP contribution in [0.5, 0.6) is 0 Å². The van der Waals surface area contributed by atoms with Crippen molar-refractivity contribution in [3.05, 3.63) is 46.6 Å². The average molecular weight is 336 g/mol. The van der Waals surface area contributed by atoms with Crippen LogP contribution >= 0.6 is 11.6 Å². The van der Waals surface area contributed by atoms with E-state index < -0.39 is 17.9 Å². The van der Waals surface area contributed by atoms with Crippen molar-refractivity contribution in [3.8, 4) is 6.07 Å². The predicted octanol–water partition coefficient (Wildman–Crippen LogP) is 2.06. The van der Waals surface area contributed by atoms with E-state index in [2.05, 4.69) is 10.6 Å². The SMILES string of the molecule is CC(C)C(NC(=O)/C(C#N)=C\NCc1cccc(Cl)c1)C(=O)O. The monoisotopic (exact) mass is 335 g/mol. The summed E-state index contributed by atoms with van der Waals surface area (Å²) in [7, 11) is 0. The molecule has 1 unspecified atom stereocenters. The molecule has 6 nitrogen and oxygen atoms in total. The summed E-state index contributed by atoms with van der Waals surface area (Å²) in [4.78, 5) is 23.0. The van der Waals surface area contributed by atoms with Crippen LogP contribution < -0.4 is 10.6 Å². The Morgan fingerprint density at radius 1 is 1.43 bits per heavy atom. The molecule has 0 fully saturated rings. The summed E-state index contributed by atoms with van der Waals surface area (Å²) >= 11 is 5.87. The van der Waals surface area contributed by atoms with Crippen molar-refractivity contribution in [3.63, 3.8) is 0 Å². The largest absolute Gasteiger partial charge is 0.480 e. The van der Waals surface area contributed by atoms with Gasteiger partial charge in [-0.1, -0.05) is 37.6 Å². The minimum Gasteiger partial charge on any atom is -0.480 e. The molecule has 1 atom stereocenters. The Morgan fingerprint density at radius 2 is 2.13 bits per heavy atom. The zero-order valence-electron chi connectivity index (χ0n) is 12.8. The summed E-state index contributed by atoms with van der Waals surface area (Å²) in [5.41, 5.74) is 0.691. The van der Waals surface area contributed by atoms with E-state index in [9.17, 15) is 9.59 Å². The molecular formula is C16H18ClN3O3. The fraction of sp³-hybridized carbons (Fsp3) is 0.312. The summed E-state index contributed by atoms with van der Waals surface area (Å²) < 4.78 is 0. The van der Waals surface area contributed by atoms with Gasteiger partial charge < -0.3 is 15.7 Å². The number of aliphatic carboxylic acids is 1. The number of nitriles is 1. The summed E-state index contributed by atoms with van der Waals surface area (Å²) in [6.07, 6.45) is 1.26. The van der Waals surface area contributed by atoms with Gasteiger partial charge in [-0.2, -0.15) is 5.26 Å². The number of halogens is 1. The van der Waals surface area contributed by atoms with E-state index in [-0.39, 0.29) is 11.5 Å². The first-order chi connectivity index (χ1) is 10.8.